The molecular formula is C17H9ClF3NO2. The third kappa shape index (κ3) is 3.49. The van der Waals surface area contributed by atoms with Crippen LogP contribution in [0.5, 0.6) is 0 Å². The topological polar surface area (TPSA) is 38.7 Å². The second-order valence-corrected chi connectivity index (χ2v) is 5.40. The lowest BCUT2D eigenvalue weighted by Crippen LogP contribution is -2.05. The fourth-order valence-electron chi connectivity index (χ4n) is 2.09. The third-order valence-electron chi connectivity index (χ3n) is 3.23. The zero-order valence-corrected chi connectivity index (χ0v) is 12.7. The van der Waals surface area contributed by atoms with Gasteiger partial charge in [-0.05, 0) is 48.0 Å². The van der Waals surface area contributed by atoms with E-state index in [4.69, 9.17) is 16.3 Å². The number of cyclic esters (lactones) is 1. The van der Waals surface area contributed by atoms with Crippen LogP contribution in [0.2, 0.25) is 5.02 Å². The van der Waals surface area contributed by atoms with E-state index < -0.39 is 17.7 Å². The lowest BCUT2D eigenvalue weighted by molar-refractivity contribution is -0.137. The maximum absolute atomic E-state index is 12.7. The first-order valence-corrected chi connectivity index (χ1v) is 7.16. The van der Waals surface area contributed by atoms with Gasteiger partial charge in [0.1, 0.15) is 0 Å². The van der Waals surface area contributed by atoms with Crippen molar-refractivity contribution in [2.75, 3.05) is 0 Å². The van der Waals surface area contributed by atoms with Gasteiger partial charge in [0.05, 0.1) is 5.56 Å². The zero-order chi connectivity index (χ0) is 17.3. The van der Waals surface area contributed by atoms with Gasteiger partial charge in [0.25, 0.3) is 0 Å². The molecule has 0 radical (unpaired) electrons. The van der Waals surface area contributed by atoms with Crippen LogP contribution in [0.1, 0.15) is 16.7 Å². The van der Waals surface area contributed by atoms with Crippen LogP contribution in [0.4, 0.5) is 13.2 Å². The minimum atomic E-state index is -4.46. The molecule has 3 rings (SSSR count). The fourth-order valence-corrected chi connectivity index (χ4v) is 2.21. The van der Waals surface area contributed by atoms with E-state index in [0.29, 0.717) is 10.6 Å². The Bertz CT molecular complexity index is 855. The van der Waals surface area contributed by atoms with Crippen LogP contribution in [0.25, 0.3) is 6.08 Å². The normalized spacial score (nSPS) is 16.2. The van der Waals surface area contributed by atoms with Gasteiger partial charge in [0.15, 0.2) is 5.70 Å². The maximum atomic E-state index is 12.7. The summed E-state index contributed by atoms with van der Waals surface area (Å²) in [6.07, 6.45) is -3.21. The largest absolute Gasteiger partial charge is 0.416 e. The lowest BCUT2D eigenvalue weighted by Gasteiger charge is -2.06. The number of esters is 1. The number of halogens is 4. The quantitative estimate of drug-likeness (QED) is 0.581. The number of carbonyl (C=O) groups is 1. The molecule has 24 heavy (non-hydrogen) atoms. The maximum Gasteiger partial charge on any atom is 0.416 e. The summed E-state index contributed by atoms with van der Waals surface area (Å²) in [6, 6.07) is 11.1. The molecule has 0 aliphatic carbocycles. The van der Waals surface area contributed by atoms with Crippen molar-refractivity contribution >= 4 is 29.5 Å². The van der Waals surface area contributed by atoms with Crippen molar-refractivity contribution in [1.29, 1.82) is 0 Å². The van der Waals surface area contributed by atoms with E-state index in [1.165, 1.54) is 18.2 Å². The predicted octanol–water partition coefficient (Wildman–Crippen LogP) is 4.70. The van der Waals surface area contributed by atoms with E-state index in [-0.39, 0.29) is 17.2 Å². The van der Waals surface area contributed by atoms with Crippen molar-refractivity contribution in [2.45, 2.75) is 6.18 Å². The molecule has 0 N–H and O–H groups in total. The zero-order valence-electron chi connectivity index (χ0n) is 12.0. The molecule has 0 bridgehead atoms. The number of alkyl halides is 3. The molecule has 0 atom stereocenters. The molecule has 122 valence electrons. The number of nitrogens with zero attached hydrogens (tertiary/aromatic N) is 1. The third-order valence-corrected chi connectivity index (χ3v) is 3.48. The van der Waals surface area contributed by atoms with Crippen LogP contribution in [0.3, 0.4) is 0 Å². The summed E-state index contributed by atoms with van der Waals surface area (Å²) < 4.78 is 43.2. The van der Waals surface area contributed by atoms with E-state index in [2.05, 4.69) is 4.99 Å². The summed E-state index contributed by atoms with van der Waals surface area (Å²) in [6.45, 7) is 0. The Labute approximate surface area is 140 Å². The molecule has 0 aromatic heterocycles. The lowest BCUT2D eigenvalue weighted by atomic mass is 10.1. The number of hydrogen-bond donors (Lipinski definition) is 0. The first-order chi connectivity index (χ1) is 11.3. The Morgan fingerprint density at radius 1 is 1.08 bits per heavy atom. The average Bonchev–Trinajstić information content (AvgIpc) is 2.88. The van der Waals surface area contributed by atoms with Crippen LogP contribution >= 0.6 is 11.6 Å². The average molecular weight is 352 g/mol. The highest BCUT2D eigenvalue weighted by Crippen LogP contribution is 2.30. The molecule has 0 fully saturated rings. The first-order valence-electron chi connectivity index (χ1n) is 6.79. The number of hydrogen-bond acceptors (Lipinski definition) is 3. The van der Waals surface area contributed by atoms with Gasteiger partial charge in [-0.15, -0.1) is 0 Å². The Hall–Kier alpha value is -2.60. The Kier molecular flexibility index (Phi) is 4.15. The van der Waals surface area contributed by atoms with Crippen LogP contribution in [-0.2, 0) is 15.7 Å². The Morgan fingerprint density at radius 2 is 1.79 bits per heavy atom. The minimum absolute atomic E-state index is 0.0701. The fraction of sp³-hybridized carbons (Fsp3) is 0.0588. The van der Waals surface area contributed by atoms with Gasteiger partial charge in [-0.1, -0.05) is 23.7 Å². The van der Waals surface area contributed by atoms with Gasteiger partial charge in [-0.3, -0.25) is 0 Å². The molecule has 0 saturated heterocycles. The number of carbonyl (C=O) groups excluding carboxylic acids is 1. The number of rotatable bonds is 2. The number of benzene rings is 2. The van der Waals surface area contributed by atoms with E-state index in [1.54, 1.807) is 24.3 Å². The monoisotopic (exact) mass is 351 g/mol. The highest BCUT2D eigenvalue weighted by Gasteiger charge is 2.30. The standard InChI is InChI=1S/C17H9ClF3NO2/c18-13-6-4-11(5-7-13)15-22-14(16(23)24-15)9-10-2-1-3-12(8-10)17(19,20)21/h1-9H/b14-9-. The molecule has 0 unspecified atom stereocenters. The van der Waals surface area contributed by atoms with Crippen molar-refractivity contribution in [3.8, 4) is 0 Å². The SMILES string of the molecule is O=C1OC(c2ccc(Cl)cc2)=N/C1=C\c1cccc(C(F)(F)F)c1. The molecule has 1 heterocycles. The molecule has 3 nitrogen and oxygen atoms in total. The van der Waals surface area contributed by atoms with E-state index in [9.17, 15) is 18.0 Å². The summed E-state index contributed by atoms with van der Waals surface area (Å²) in [5.74, 6) is -0.646. The van der Waals surface area contributed by atoms with E-state index >= 15 is 0 Å². The van der Waals surface area contributed by atoms with Crippen molar-refractivity contribution < 1.29 is 22.7 Å². The summed E-state index contributed by atoms with van der Waals surface area (Å²) >= 11 is 5.78. The summed E-state index contributed by atoms with van der Waals surface area (Å²) in [5.41, 5.74) is -0.123. The van der Waals surface area contributed by atoms with Gasteiger partial charge in [0.2, 0.25) is 5.90 Å². The predicted molar refractivity (Wildman–Crippen MR) is 83.5 cm³/mol. The van der Waals surface area contributed by atoms with E-state index in [0.717, 1.165) is 12.1 Å². The van der Waals surface area contributed by atoms with Crippen molar-refractivity contribution in [1.82, 2.24) is 0 Å². The second-order valence-electron chi connectivity index (χ2n) is 4.97. The van der Waals surface area contributed by atoms with Gasteiger partial charge >= 0.3 is 12.1 Å². The second kappa shape index (κ2) is 6.13. The van der Waals surface area contributed by atoms with Crippen molar-refractivity contribution in [3.05, 3.63) is 75.9 Å². The smallest absolute Gasteiger partial charge is 0.402 e. The van der Waals surface area contributed by atoms with Crippen molar-refractivity contribution in [3.63, 3.8) is 0 Å². The van der Waals surface area contributed by atoms with Crippen molar-refractivity contribution in [2.24, 2.45) is 4.99 Å². The molecular weight excluding hydrogens is 343 g/mol. The molecule has 2 aromatic rings. The van der Waals surface area contributed by atoms with Gasteiger partial charge < -0.3 is 4.74 Å². The Balaban J connectivity index is 1.93. The minimum Gasteiger partial charge on any atom is -0.402 e. The molecule has 2 aromatic carbocycles. The van der Waals surface area contributed by atoms with Gasteiger partial charge in [-0.2, -0.15) is 13.2 Å². The highest BCUT2D eigenvalue weighted by molar-refractivity contribution is 6.30. The van der Waals surface area contributed by atoms with E-state index in [1.807, 2.05) is 0 Å². The summed E-state index contributed by atoms with van der Waals surface area (Å²) in [7, 11) is 0. The first kappa shape index (κ1) is 16.3. The van der Waals surface area contributed by atoms with Crippen LogP contribution in [-0.4, -0.2) is 11.9 Å². The molecule has 1 aliphatic rings. The van der Waals surface area contributed by atoms with Crippen LogP contribution in [0.15, 0.2) is 59.2 Å². The van der Waals surface area contributed by atoms with Crippen LogP contribution < -0.4 is 0 Å². The van der Waals surface area contributed by atoms with Gasteiger partial charge in [0, 0.05) is 10.6 Å². The Morgan fingerprint density at radius 3 is 2.46 bits per heavy atom. The highest BCUT2D eigenvalue weighted by atomic mass is 35.5. The summed E-state index contributed by atoms with van der Waals surface area (Å²) in [4.78, 5) is 15.9. The molecule has 1 aliphatic heterocycles. The van der Waals surface area contributed by atoms with Crippen LogP contribution in [0, 0.1) is 0 Å². The number of aliphatic imine (C=N–C) groups is 1. The molecule has 0 amide bonds. The number of ether oxygens (including phenoxy) is 1. The molecule has 0 spiro atoms. The summed E-state index contributed by atoms with van der Waals surface area (Å²) in [5, 5.41) is 0.517. The molecule has 0 saturated carbocycles. The van der Waals surface area contributed by atoms with Gasteiger partial charge in [-0.25, -0.2) is 9.79 Å². The molecule has 7 heteroatoms.